The molecule has 2 atom stereocenters. The van der Waals surface area contributed by atoms with E-state index in [1.54, 1.807) is 12.1 Å². The Kier molecular flexibility index (Phi) is 7.22. The second kappa shape index (κ2) is 10.1. The lowest BCUT2D eigenvalue weighted by Crippen LogP contribution is -2.39. The van der Waals surface area contributed by atoms with Gasteiger partial charge in [-0.3, -0.25) is 0 Å². The van der Waals surface area contributed by atoms with Crippen LogP contribution in [0.2, 0.25) is 0 Å². The van der Waals surface area contributed by atoms with Crippen molar-refractivity contribution in [1.29, 1.82) is 0 Å². The average molecular weight is 369 g/mol. The van der Waals surface area contributed by atoms with Crippen molar-refractivity contribution in [1.82, 2.24) is 10.6 Å². The fourth-order valence-corrected chi connectivity index (χ4v) is 3.71. The van der Waals surface area contributed by atoms with Gasteiger partial charge in [0.1, 0.15) is 5.82 Å². The van der Waals surface area contributed by atoms with Gasteiger partial charge in [0.25, 0.3) is 0 Å². The van der Waals surface area contributed by atoms with Crippen molar-refractivity contribution < 1.29 is 9.18 Å². The van der Waals surface area contributed by atoms with Gasteiger partial charge in [-0.1, -0.05) is 30.3 Å². The first kappa shape index (κ1) is 19.4. The first-order chi connectivity index (χ1) is 13.2. The minimum Gasteiger partial charge on any atom is -0.338 e. The van der Waals surface area contributed by atoms with Crippen molar-refractivity contribution in [3.63, 3.8) is 0 Å². The summed E-state index contributed by atoms with van der Waals surface area (Å²) in [5, 5.41) is 9.18. The molecule has 3 N–H and O–H groups in total. The molecule has 1 aliphatic rings. The first-order valence-corrected chi connectivity index (χ1v) is 9.77. The molecule has 0 aliphatic carbocycles. The number of benzene rings is 2. The summed E-state index contributed by atoms with van der Waals surface area (Å²) in [4.78, 5) is 11.9. The quantitative estimate of drug-likeness (QED) is 0.636. The molecule has 27 heavy (non-hydrogen) atoms. The normalized spacial score (nSPS) is 19.4. The predicted molar refractivity (Wildman–Crippen MR) is 107 cm³/mol. The van der Waals surface area contributed by atoms with Gasteiger partial charge in [0.05, 0.1) is 0 Å². The van der Waals surface area contributed by atoms with E-state index in [0.29, 0.717) is 18.3 Å². The van der Waals surface area contributed by atoms with Crippen LogP contribution in [0.4, 0.5) is 14.9 Å². The molecular formula is C22H28FN3O. The molecule has 1 heterocycles. The number of anilines is 1. The maximum absolute atomic E-state index is 12.9. The van der Waals surface area contributed by atoms with E-state index in [1.165, 1.54) is 30.5 Å². The second-order valence-electron chi connectivity index (χ2n) is 7.26. The van der Waals surface area contributed by atoms with Crippen LogP contribution in [0.25, 0.3) is 0 Å². The van der Waals surface area contributed by atoms with E-state index in [0.717, 1.165) is 31.7 Å². The van der Waals surface area contributed by atoms with Gasteiger partial charge in [0.15, 0.2) is 0 Å². The Morgan fingerprint density at radius 3 is 2.67 bits per heavy atom. The number of carbonyl (C=O) groups excluding carboxylic acids is 1. The SMILES string of the molecule is O=C(NCCC[C@@H]1C[C@@H](Cc2ccccc2)CCN1)Nc1ccc(F)cc1. The Balaban J connectivity index is 1.32. The maximum atomic E-state index is 12.9. The van der Waals surface area contributed by atoms with Crippen molar-refractivity contribution in [3.05, 3.63) is 66.0 Å². The number of hydrogen-bond donors (Lipinski definition) is 3. The zero-order chi connectivity index (χ0) is 18.9. The van der Waals surface area contributed by atoms with Crippen LogP contribution in [-0.4, -0.2) is 25.2 Å². The van der Waals surface area contributed by atoms with Gasteiger partial charge in [-0.15, -0.1) is 0 Å². The lowest BCUT2D eigenvalue weighted by Gasteiger charge is -2.30. The number of urea groups is 1. The van der Waals surface area contributed by atoms with Crippen LogP contribution in [-0.2, 0) is 6.42 Å². The van der Waals surface area contributed by atoms with Crippen molar-refractivity contribution in [2.45, 2.75) is 38.1 Å². The lowest BCUT2D eigenvalue weighted by molar-refractivity contribution is 0.250. The number of halogens is 1. The molecule has 2 aromatic carbocycles. The Bertz CT molecular complexity index is 705. The molecule has 0 radical (unpaired) electrons. The van der Waals surface area contributed by atoms with Crippen LogP contribution in [0.1, 0.15) is 31.2 Å². The Morgan fingerprint density at radius 1 is 1.11 bits per heavy atom. The molecule has 1 aliphatic heterocycles. The monoisotopic (exact) mass is 369 g/mol. The van der Waals surface area contributed by atoms with E-state index in [4.69, 9.17) is 0 Å². The Morgan fingerprint density at radius 2 is 1.89 bits per heavy atom. The van der Waals surface area contributed by atoms with Gasteiger partial charge in [-0.25, -0.2) is 9.18 Å². The third kappa shape index (κ3) is 6.68. The van der Waals surface area contributed by atoms with Gasteiger partial charge in [0.2, 0.25) is 0 Å². The molecule has 0 bridgehead atoms. The summed E-state index contributed by atoms with van der Waals surface area (Å²) in [7, 11) is 0. The molecule has 0 spiro atoms. The molecule has 0 saturated carbocycles. The van der Waals surface area contributed by atoms with Crippen LogP contribution < -0.4 is 16.0 Å². The number of hydrogen-bond acceptors (Lipinski definition) is 2. The average Bonchev–Trinajstić information content (AvgIpc) is 2.68. The molecule has 2 amide bonds. The van der Waals surface area contributed by atoms with Gasteiger partial charge < -0.3 is 16.0 Å². The largest absolute Gasteiger partial charge is 0.338 e. The van der Waals surface area contributed by atoms with Gasteiger partial charge in [-0.2, -0.15) is 0 Å². The third-order valence-electron chi connectivity index (χ3n) is 5.09. The molecule has 4 nitrogen and oxygen atoms in total. The van der Waals surface area contributed by atoms with E-state index in [2.05, 4.69) is 46.3 Å². The minimum atomic E-state index is -0.313. The summed E-state index contributed by atoms with van der Waals surface area (Å²) >= 11 is 0. The lowest BCUT2D eigenvalue weighted by atomic mass is 9.86. The standard InChI is InChI=1S/C22H28FN3O/c23-19-8-10-20(11-9-19)26-22(27)25-13-4-7-21-16-18(12-14-24-21)15-17-5-2-1-3-6-17/h1-3,5-6,8-11,18,21,24H,4,7,12-16H2,(H2,25,26,27)/t18-,21-/m1/s1. The van der Waals surface area contributed by atoms with Crippen molar-refractivity contribution in [2.24, 2.45) is 5.92 Å². The smallest absolute Gasteiger partial charge is 0.319 e. The van der Waals surface area contributed by atoms with E-state index < -0.39 is 0 Å². The molecule has 3 rings (SSSR count). The highest BCUT2D eigenvalue weighted by Crippen LogP contribution is 2.23. The molecular weight excluding hydrogens is 341 g/mol. The second-order valence-corrected chi connectivity index (χ2v) is 7.26. The molecule has 1 saturated heterocycles. The van der Waals surface area contributed by atoms with Gasteiger partial charge in [0, 0.05) is 18.3 Å². The van der Waals surface area contributed by atoms with Crippen molar-refractivity contribution in [3.8, 4) is 0 Å². The summed E-state index contributed by atoms with van der Waals surface area (Å²) in [6.45, 7) is 1.70. The number of rotatable bonds is 7. The zero-order valence-electron chi connectivity index (χ0n) is 15.6. The third-order valence-corrected chi connectivity index (χ3v) is 5.09. The highest BCUT2D eigenvalue weighted by atomic mass is 19.1. The topological polar surface area (TPSA) is 53.2 Å². The highest BCUT2D eigenvalue weighted by molar-refractivity contribution is 5.89. The zero-order valence-corrected chi connectivity index (χ0v) is 15.6. The van der Waals surface area contributed by atoms with Crippen LogP contribution in [0, 0.1) is 11.7 Å². The molecule has 0 unspecified atom stereocenters. The summed E-state index contributed by atoms with van der Waals surface area (Å²) in [6, 6.07) is 16.7. The van der Waals surface area contributed by atoms with Crippen LogP contribution in [0.5, 0.6) is 0 Å². The maximum Gasteiger partial charge on any atom is 0.319 e. The van der Waals surface area contributed by atoms with E-state index >= 15 is 0 Å². The molecule has 0 aromatic heterocycles. The van der Waals surface area contributed by atoms with Gasteiger partial charge >= 0.3 is 6.03 Å². The van der Waals surface area contributed by atoms with Gasteiger partial charge in [-0.05, 0) is 74.4 Å². The van der Waals surface area contributed by atoms with E-state index in [1.807, 2.05) is 0 Å². The van der Waals surface area contributed by atoms with Crippen molar-refractivity contribution >= 4 is 11.7 Å². The fourth-order valence-electron chi connectivity index (χ4n) is 3.71. The number of nitrogens with one attached hydrogen (secondary N) is 3. The first-order valence-electron chi connectivity index (χ1n) is 9.77. The molecule has 2 aromatic rings. The summed E-state index contributed by atoms with van der Waals surface area (Å²) in [5.74, 6) is 0.417. The Hall–Kier alpha value is -2.40. The molecule has 1 fully saturated rings. The minimum absolute atomic E-state index is 0.250. The van der Waals surface area contributed by atoms with Crippen LogP contribution in [0.15, 0.2) is 54.6 Å². The highest BCUT2D eigenvalue weighted by Gasteiger charge is 2.21. The number of piperidine rings is 1. The number of carbonyl (C=O) groups is 1. The Labute approximate surface area is 160 Å². The summed E-state index contributed by atoms with van der Waals surface area (Å²) in [6.07, 6.45) is 5.56. The summed E-state index contributed by atoms with van der Waals surface area (Å²) < 4.78 is 12.9. The number of amides is 2. The van der Waals surface area contributed by atoms with Crippen molar-refractivity contribution in [2.75, 3.05) is 18.4 Å². The van der Waals surface area contributed by atoms with Crippen LogP contribution in [0.3, 0.4) is 0 Å². The van der Waals surface area contributed by atoms with E-state index in [9.17, 15) is 9.18 Å². The molecule has 144 valence electrons. The van der Waals surface area contributed by atoms with Crippen LogP contribution >= 0.6 is 0 Å². The summed E-state index contributed by atoms with van der Waals surface area (Å²) in [5.41, 5.74) is 2.01. The molecule has 5 heteroatoms. The van der Waals surface area contributed by atoms with E-state index in [-0.39, 0.29) is 11.8 Å². The predicted octanol–water partition coefficient (Wildman–Crippen LogP) is 4.34. The fraction of sp³-hybridized carbons (Fsp3) is 0.409.